The monoisotopic (exact) mass is 388 g/mol. The van der Waals surface area contributed by atoms with Gasteiger partial charge in [-0.2, -0.15) is 0 Å². The summed E-state index contributed by atoms with van der Waals surface area (Å²) in [5.41, 5.74) is 2.56. The summed E-state index contributed by atoms with van der Waals surface area (Å²) in [5, 5.41) is 2.92. The van der Waals surface area contributed by atoms with Gasteiger partial charge in [0, 0.05) is 24.4 Å². The standard InChI is InChI=1S/C24H24N2O3/c27-24(26-15-20-10-13-23(25-14-20)29-17-18-6-7-18)21-11-8-19(9-12-21)16-28-22-4-2-1-3-5-22/h1-5,8-14,18H,6-7,15-17H2,(H,26,27). The lowest BCUT2D eigenvalue weighted by molar-refractivity contribution is 0.0951. The molecule has 0 saturated heterocycles. The molecule has 1 aromatic heterocycles. The third-order valence-corrected chi connectivity index (χ3v) is 4.78. The number of benzene rings is 2. The van der Waals surface area contributed by atoms with Crippen LogP contribution in [0.25, 0.3) is 0 Å². The van der Waals surface area contributed by atoms with E-state index in [0.29, 0.717) is 30.5 Å². The highest BCUT2D eigenvalue weighted by Gasteiger charge is 2.22. The van der Waals surface area contributed by atoms with Crippen molar-refractivity contribution in [2.75, 3.05) is 6.61 Å². The predicted molar refractivity (Wildman–Crippen MR) is 111 cm³/mol. The molecule has 2 aromatic carbocycles. The minimum Gasteiger partial charge on any atom is -0.489 e. The lowest BCUT2D eigenvalue weighted by Gasteiger charge is -2.09. The molecule has 1 N–H and O–H groups in total. The third kappa shape index (κ3) is 5.82. The Bertz CT molecular complexity index is 921. The van der Waals surface area contributed by atoms with Crippen molar-refractivity contribution in [3.8, 4) is 11.6 Å². The van der Waals surface area contributed by atoms with Gasteiger partial charge in [0.05, 0.1) is 6.61 Å². The fourth-order valence-corrected chi connectivity index (χ4v) is 2.81. The molecular weight excluding hydrogens is 364 g/mol. The number of aromatic nitrogens is 1. The molecule has 1 aliphatic rings. The largest absolute Gasteiger partial charge is 0.489 e. The van der Waals surface area contributed by atoms with E-state index >= 15 is 0 Å². The maximum Gasteiger partial charge on any atom is 0.251 e. The van der Waals surface area contributed by atoms with Crippen LogP contribution in [0.1, 0.15) is 34.3 Å². The summed E-state index contributed by atoms with van der Waals surface area (Å²) in [5.74, 6) is 2.05. The van der Waals surface area contributed by atoms with Gasteiger partial charge in [0.15, 0.2) is 0 Å². The smallest absolute Gasteiger partial charge is 0.251 e. The number of nitrogens with one attached hydrogen (secondary N) is 1. The van der Waals surface area contributed by atoms with E-state index in [1.807, 2.05) is 66.7 Å². The minimum absolute atomic E-state index is 0.116. The molecule has 29 heavy (non-hydrogen) atoms. The average Bonchev–Trinajstić information content (AvgIpc) is 3.61. The third-order valence-electron chi connectivity index (χ3n) is 4.78. The zero-order chi connectivity index (χ0) is 19.9. The van der Waals surface area contributed by atoms with Crippen molar-refractivity contribution in [1.82, 2.24) is 10.3 Å². The molecule has 3 aromatic rings. The first-order chi connectivity index (χ1) is 14.3. The molecule has 5 heteroatoms. The number of nitrogens with zero attached hydrogens (tertiary/aromatic N) is 1. The van der Waals surface area contributed by atoms with E-state index in [9.17, 15) is 4.79 Å². The second-order valence-electron chi connectivity index (χ2n) is 7.24. The molecule has 0 aliphatic heterocycles. The molecule has 0 bridgehead atoms. The van der Waals surface area contributed by atoms with Crippen LogP contribution in [-0.4, -0.2) is 17.5 Å². The van der Waals surface area contributed by atoms with E-state index in [-0.39, 0.29) is 5.91 Å². The highest BCUT2D eigenvalue weighted by molar-refractivity contribution is 5.94. The SMILES string of the molecule is O=C(NCc1ccc(OCC2CC2)nc1)c1ccc(COc2ccccc2)cc1. The molecule has 0 radical (unpaired) electrons. The number of hydrogen-bond acceptors (Lipinski definition) is 4. The highest BCUT2D eigenvalue weighted by Crippen LogP contribution is 2.29. The summed E-state index contributed by atoms with van der Waals surface area (Å²) in [6.07, 6.45) is 4.25. The van der Waals surface area contributed by atoms with Crippen LogP contribution in [0.4, 0.5) is 0 Å². The normalized spacial score (nSPS) is 13.0. The van der Waals surface area contributed by atoms with E-state index in [1.54, 1.807) is 6.20 Å². The van der Waals surface area contributed by atoms with Crippen molar-refractivity contribution in [1.29, 1.82) is 0 Å². The van der Waals surface area contributed by atoms with Crippen LogP contribution >= 0.6 is 0 Å². The highest BCUT2D eigenvalue weighted by atomic mass is 16.5. The van der Waals surface area contributed by atoms with Gasteiger partial charge >= 0.3 is 0 Å². The lowest BCUT2D eigenvalue weighted by atomic mass is 10.1. The molecule has 5 nitrogen and oxygen atoms in total. The fraction of sp³-hybridized carbons (Fsp3) is 0.250. The number of para-hydroxylation sites is 1. The summed E-state index contributed by atoms with van der Waals surface area (Å²) in [4.78, 5) is 16.7. The maximum atomic E-state index is 12.4. The van der Waals surface area contributed by atoms with E-state index in [1.165, 1.54) is 12.8 Å². The Morgan fingerprint density at radius 1 is 0.931 bits per heavy atom. The Hall–Kier alpha value is -3.34. The van der Waals surface area contributed by atoms with E-state index < -0.39 is 0 Å². The van der Waals surface area contributed by atoms with Gasteiger partial charge in [-0.25, -0.2) is 4.98 Å². The van der Waals surface area contributed by atoms with Crippen molar-refractivity contribution < 1.29 is 14.3 Å². The molecule has 0 spiro atoms. The molecule has 1 fully saturated rings. The number of carbonyl (C=O) groups excluding carboxylic acids is 1. The van der Waals surface area contributed by atoms with Crippen LogP contribution in [0.3, 0.4) is 0 Å². The zero-order valence-electron chi connectivity index (χ0n) is 16.2. The zero-order valence-corrected chi connectivity index (χ0v) is 16.2. The van der Waals surface area contributed by atoms with Gasteiger partial charge in [0.25, 0.3) is 5.91 Å². The van der Waals surface area contributed by atoms with E-state index in [4.69, 9.17) is 9.47 Å². The van der Waals surface area contributed by atoms with Gasteiger partial charge in [-0.1, -0.05) is 36.4 Å². The van der Waals surface area contributed by atoms with Crippen molar-refractivity contribution in [2.45, 2.75) is 26.0 Å². The van der Waals surface area contributed by atoms with Crippen molar-refractivity contribution in [3.05, 3.63) is 89.6 Å². The van der Waals surface area contributed by atoms with Gasteiger partial charge in [-0.05, 0) is 54.2 Å². The van der Waals surface area contributed by atoms with Crippen molar-refractivity contribution in [2.24, 2.45) is 5.92 Å². The summed E-state index contributed by atoms with van der Waals surface area (Å²) in [6, 6.07) is 20.9. The second kappa shape index (κ2) is 9.24. The number of hydrogen-bond donors (Lipinski definition) is 1. The second-order valence-corrected chi connectivity index (χ2v) is 7.24. The molecule has 148 valence electrons. The molecule has 1 amide bonds. The minimum atomic E-state index is -0.116. The lowest BCUT2D eigenvalue weighted by Crippen LogP contribution is -2.22. The topological polar surface area (TPSA) is 60.5 Å². The Kier molecular flexibility index (Phi) is 6.05. The molecule has 0 unspecified atom stereocenters. The van der Waals surface area contributed by atoms with Crippen LogP contribution in [0.5, 0.6) is 11.6 Å². The number of rotatable bonds is 9. The quantitative estimate of drug-likeness (QED) is 0.591. The van der Waals surface area contributed by atoms with Gasteiger partial charge in [0.1, 0.15) is 12.4 Å². The summed E-state index contributed by atoms with van der Waals surface area (Å²) in [6.45, 7) is 1.63. The predicted octanol–water partition coefficient (Wildman–Crippen LogP) is 4.38. The van der Waals surface area contributed by atoms with Crippen LogP contribution < -0.4 is 14.8 Å². The Morgan fingerprint density at radius 2 is 1.69 bits per heavy atom. The Balaban J connectivity index is 1.23. The van der Waals surface area contributed by atoms with Crippen LogP contribution in [0, 0.1) is 5.92 Å². The number of amides is 1. The molecule has 4 rings (SSSR count). The summed E-state index contributed by atoms with van der Waals surface area (Å²) in [7, 11) is 0. The molecule has 1 aliphatic carbocycles. The van der Waals surface area contributed by atoms with Crippen molar-refractivity contribution in [3.63, 3.8) is 0 Å². The van der Waals surface area contributed by atoms with Crippen molar-refractivity contribution >= 4 is 5.91 Å². The van der Waals surface area contributed by atoms with Gasteiger partial charge in [-0.3, -0.25) is 4.79 Å². The molecule has 0 atom stereocenters. The first-order valence-corrected chi connectivity index (χ1v) is 9.89. The average molecular weight is 388 g/mol. The van der Waals surface area contributed by atoms with E-state index in [2.05, 4.69) is 10.3 Å². The summed E-state index contributed by atoms with van der Waals surface area (Å²) >= 11 is 0. The summed E-state index contributed by atoms with van der Waals surface area (Å²) < 4.78 is 11.4. The first kappa shape index (κ1) is 19.0. The molecule has 1 heterocycles. The van der Waals surface area contributed by atoms with Crippen LogP contribution in [0.2, 0.25) is 0 Å². The van der Waals surface area contributed by atoms with Crippen LogP contribution in [0.15, 0.2) is 72.9 Å². The van der Waals surface area contributed by atoms with Gasteiger partial charge < -0.3 is 14.8 Å². The Labute approximate surface area is 170 Å². The fourth-order valence-electron chi connectivity index (χ4n) is 2.81. The maximum absolute atomic E-state index is 12.4. The number of pyridine rings is 1. The molecular formula is C24H24N2O3. The van der Waals surface area contributed by atoms with E-state index in [0.717, 1.165) is 23.5 Å². The van der Waals surface area contributed by atoms with Gasteiger partial charge in [-0.15, -0.1) is 0 Å². The first-order valence-electron chi connectivity index (χ1n) is 9.89. The van der Waals surface area contributed by atoms with Crippen LogP contribution in [-0.2, 0) is 13.2 Å². The van der Waals surface area contributed by atoms with Gasteiger partial charge in [0.2, 0.25) is 5.88 Å². The number of carbonyl (C=O) groups is 1. The number of ether oxygens (including phenoxy) is 2. The molecule has 1 saturated carbocycles. The Morgan fingerprint density at radius 3 is 2.38 bits per heavy atom.